The third-order valence-electron chi connectivity index (χ3n) is 3.52. The highest BCUT2D eigenvalue weighted by molar-refractivity contribution is 5.77. The van der Waals surface area contributed by atoms with Crippen molar-refractivity contribution >= 4 is 5.91 Å². The van der Waals surface area contributed by atoms with Gasteiger partial charge in [0.15, 0.2) is 0 Å². The van der Waals surface area contributed by atoms with E-state index in [9.17, 15) is 4.79 Å². The molecule has 1 aliphatic rings. The number of hydrogen-bond acceptors (Lipinski definition) is 4. The molecule has 5 heteroatoms. The van der Waals surface area contributed by atoms with Crippen LogP contribution in [-0.2, 0) is 14.3 Å². The minimum absolute atomic E-state index is 0.0665. The van der Waals surface area contributed by atoms with Gasteiger partial charge in [0.2, 0.25) is 5.91 Å². The Kier molecular flexibility index (Phi) is 6.60. The van der Waals surface area contributed by atoms with Crippen LogP contribution in [0.5, 0.6) is 0 Å². The van der Waals surface area contributed by atoms with E-state index in [1.807, 2.05) is 0 Å². The van der Waals surface area contributed by atoms with E-state index in [-0.39, 0.29) is 18.6 Å². The number of amides is 1. The number of rotatable bonds is 7. The molecule has 1 atom stereocenters. The van der Waals surface area contributed by atoms with Gasteiger partial charge in [0.1, 0.15) is 12.2 Å². The predicted molar refractivity (Wildman–Crippen MR) is 70.3 cm³/mol. The SMILES string of the molecule is CCC(CC)NC(=O)COC1(CN)CCCOC1. The Labute approximate surface area is 109 Å². The maximum absolute atomic E-state index is 11.8. The molecule has 3 N–H and O–H groups in total. The topological polar surface area (TPSA) is 73.6 Å². The monoisotopic (exact) mass is 258 g/mol. The van der Waals surface area contributed by atoms with Crippen LogP contribution in [0, 0.1) is 0 Å². The summed E-state index contributed by atoms with van der Waals surface area (Å²) >= 11 is 0. The van der Waals surface area contributed by atoms with Gasteiger partial charge in [0, 0.05) is 19.2 Å². The number of carbonyl (C=O) groups excluding carboxylic acids is 1. The maximum Gasteiger partial charge on any atom is 0.246 e. The highest BCUT2D eigenvalue weighted by atomic mass is 16.5. The summed E-state index contributed by atoms with van der Waals surface area (Å²) in [6.07, 6.45) is 3.67. The molecule has 1 heterocycles. The van der Waals surface area contributed by atoms with Crippen molar-refractivity contribution in [2.45, 2.75) is 51.2 Å². The molecule has 1 saturated heterocycles. The van der Waals surface area contributed by atoms with Crippen molar-refractivity contribution in [3.8, 4) is 0 Å². The van der Waals surface area contributed by atoms with E-state index in [1.54, 1.807) is 0 Å². The Bertz CT molecular complexity index is 249. The average molecular weight is 258 g/mol. The predicted octanol–water partition coefficient (Wildman–Crippen LogP) is 0.816. The van der Waals surface area contributed by atoms with Gasteiger partial charge in [-0.2, -0.15) is 0 Å². The summed E-state index contributed by atoms with van der Waals surface area (Å²) in [6, 6.07) is 0.234. The second kappa shape index (κ2) is 7.71. The highest BCUT2D eigenvalue weighted by Crippen LogP contribution is 2.22. The summed E-state index contributed by atoms with van der Waals surface area (Å²) in [6.45, 7) is 5.83. The summed E-state index contributed by atoms with van der Waals surface area (Å²) in [5.41, 5.74) is 5.27. The molecule has 0 spiro atoms. The van der Waals surface area contributed by atoms with Crippen molar-refractivity contribution in [1.29, 1.82) is 0 Å². The standard InChI is InChI=1S/C13H26N2O3/c1-3-11(4-2)15-12(16)8-18-13(9-14)6-5-7-17-10-13/h11H,3-10,14H2,1-2H3,(H,15,16). The minimum atomic E-state index is -0.469. The smallest absolute Gasteiger partial charge is 0.246 e. The summed E-state index contributed by atoms with van der Waals surface area (Å²) in [4.78, 5) is 11.8. The van der Waals surface area contributed by atoms with E-state index in [0.717, 1.165) is 32.3 Å². The third kappa shape index (κ3) is 4.55. The molecule has 0 radical (unpaired) electrons. The molecule has 1 unspecified atom stereocenters. The number of nitrogens with two attached hydrogens (primary N) is 1. The van der Waals surface area contributed by atoms with Crippen LogP contribution in [0.1, 0.15) is 39.5 Å². The number of ether oxygens (including phenoxy) is 2. The Morgan fingerprint density at radius 2 is 2.22 bits per heavy atom. The van der Waals surface area contributed by atoms with Gasteiger partial charge >= 0.3 is 0 Å². The molecular weight excluding hydrogens is 232 g/mol. The molecule has 5 nitrogen and oxygen atoms in total. The molecule has 18 heavy (non-hydrogen) atoms. The lowest BCUT2D eigenvalue weighted by Gasteiger charge is -2.35. The van der Waals surface area contributed by atoms with Gasteiger partial charge in [-0.25, -0.2) is 0 Å². The second-order valence-electron chi connectivity index (χ2n) is 4.91. The van der Waals surface area contributed by atoms with E-state index >= 15 is 0 Å². The van der Waals surface area contributed by atoms with Crippen LogP contribution in [0.4, 0.5) is 0 Å². The molecule has 0 aromatic heterocycles. The quantitative estimate of drug-likeness (QED) is 0.709. The first-order valence-electron chi connectivity index (χ1n) is 6.87. The lowest BCUT2D eigenvalue weighted by atomic mass is 9.96. The number of carbonyl (C=O) groups is 1. The molecule has 106 valence electrons. The maximum atomic E-state index is 11.8. The molecule has 1 rings (SSSR count). The van der Waals surface area contributed by atoms with E-state index < -0.39 is 5.60 Å². The first kappa shape index (κ1) is 15.4. The fraction of sp³-hybridized carbons (Fsp3) is 0.923. The Hall–Kier alpha value is -0.650. The van der Waals surface area contributed by atoms with Crippen LogP contribution in [0.3, 0.4) is 0 Å². The lowest BCUT2D eigenvalue weighted by Crippen LogP contribution is -2.50. The Balaban J connectivity index is 2.35. The average Bonchev–Trinajstić information content (AvgIpc) is 2.43. The molecule has 0 bridgehead atoms. The Morgan fingerprint density at radius 1 is 1.50 bits per heavy atom. The van der Waals surface area contributed by atoms with Crippen LogP contribution in [0.2, 0.25) is 0 Å². The van der Waals surface area contributed by atoms with Gasteiger partial charge in [0.05, 0.1) is 6.61 Å². The van der Waals surface area contributed by atoms with Crippen molar-refractivity contribution in [3.63, 3.8) is 0 Å². The molecule has 1 fully saturated rings. The largest absolute Gasteiger partial charge is 0.378 e. The normalized spacial score (nSPS) is 24.2. The first-order chi connectivity index (χ1) is 8.65. The first-order valence-corrected chi connectivity index (χ1v) is 6.87. The van der Waals surface area contributed by atoms with Crippen LogP contribution < -0.4 is 11.1 Å². The molecule has 1 amide bonds. The third-order valence-corrected chi connectivity index (χ3v) is 3.52. The molecule has 1 aliphatic heterocycles. The van der Waals surface area contributed by atoms with Crippen molar-refractivity contribution < 1.29 is 14.3 Å². The van der Waals surface area contributed by atoms with Gasteiger partial charge in [-0.3, -0.25) is 4.79 Å². The van der Waals surface area contributed by atoms with Gasteiger partial charge in [-0.05, 0) is 25.7 Å². The van der Waals surface area contributed by atoms with Crippen LogP contribution in [0.15, 0.2) is 0 Å². The summed E-state index contributed by atoms with van der Waals surface area (Å²) < 4.78 is 11.1. The van der Waals surface area contributed by atoms with Crippen LogP contribution >= 0.6 is 0 Å². The summed E-state index contributed by atoms with van der Waals surface area (Å²) in [5, 5.41) is 2.95. The van der Waals surface area contributed by atoms with Gasteiger partial charge < -0.3 is 20.5 Å². The number of hydrogen-bond donors (Lipinski definition) is 2. The van der Waals surface area contributed by atoms with E-state index in [1.165, 1.54) is 0 Å². The van der Waals surface area contributed by atoms with Gasteiger partial charge in [-0.1, -0.05) is 13.8 Å². The number of nitrogens with one attached hydrogen (secondary N) is 1. The van der Waals surface area contributed by atoms with Gasteiger partial charge in [-0.15, -0.1) is 0 Å². The van der Waals surface area contributed by atoms with E-state index in [2.05, 4.69) is 19.2 Å². The molecule has 0 aliphatic carbocycles. The van der Waals surface area contributed by atoms with E-state index in [4.69, 9.17) is 15.2 Å². The zero-order valence-electron chi connectivity index (χ0n) is 11.5. The highest BCUT2D eigenvalue weighted by Gasteiger charge is 2.33. The molecular formula is C13H26N2O3. The fourth-order valence-corrected chi connectivity index (χ4v) is 2.14. The van der Waals surface area contributed by atoms with Crippen molar-refractivity contribution in [2.75, 3.05) is 26.4 Å². The molecule has 0 saturated carbocycles. The minimum Gasteiger partial charge on any atom is -0.378 e. The van der Waals surface area contributed by atoms with Gasteiger partial charge in [0.25, 0.3) is 0 Å². The zero-order chi connectivity index (χ0) is 13.4. The zero-order valence-corrected chi connectivity index (χ0v) is 11.5. The van der Waals surface area contributed by atoms with Crippen molar-refractivity contribution in [3.05, 3.63) is 0 Å². The molecule has 0 aromatic rings. The van der Waals surface area contributed by atoms with Crippen molar-refractivity contribution in [2.24, 2.45) is 5.73 Å². The summed E-state index contributed by atoms with van der Waals surface area (Å²) in [7, 11) is 0. The summed E-state index contributed by atoms with van der Waals surface area (Å²) in [5.74, 6) is -0.0675. The van der Waals surface area contributed by atoms with E-state index in [0.29, 0.717) is 13.2 Å². The van der Waals surface area contributed by atoms with Crippen molar-refractivity contribution in [1.82, 2.24) is 5.32 Å². The van der Waals surface area contributed by atoms with Crippen LogP contribution in [-0.4, -0.2) is 43.9 Å². The van der Waals surface area contributed by atoms with Crippen LogP contribution in [0.25, 0.3) is 0 Å². The molecule has 0 aromatic carbocycles. The lowest BCUT2D eigenvalue weighted by molar-refractivity contribution is -0.147. The fourth-order valence-electron chi connectivity index (χ4n) is 2.14. The Morgan fingerprint density at radius 3 is 2.72 bits per heavy atom. The second-order valence-corrected chi connectivity index (χ2v) is 4.91.